The Morgan fingerprint density at radius 1 is 1.10 bits per heavy atom. The van der Waals surface area contributed by atoms with Crippen molar-refractivity contribution in [2.24, 2.45) is 5.92 Å². The molecule has 0 bridgehead atoms. The molecule has 0 unspecified atom stereocenters. The van der Waals surface area contributed by atoms with Crippen molar-refractivity contribution < 1.29 is 9.18 Å². The van der Waals surface area contributed by atoms with Crippen molar-refractivity contribution in [1.29, 1.82) is 0 Å². The van der Waals surface area contributed by atoms with E-state index in [1.165, 1.54) is 12.1 Å². The molecule has 1 N–H and O–H groups in total. The molecular weight excluding hydrogens is 399 g/mol. The van der Waals surface area contributed by atoms with E-state index in [0.717, 1.165) is 15.3 Å². The summed E-state index contributed by atoms with van der Waals surface area (Å²) in [6, 6.07) is 12.5. The molecular formula is C23H25FN4O3. The topological polar surface area (TPSA) is 86.0 Å². The van der Waals surface area contributed by atoms with Crippen LogP contribution in [0.3, 0.4) is 0 Å². The van der Waals surface area contributed by atoms with E-state index < -0.39 is 34.7 Å². The number of halogens is 1. The van der Waals surface area contributed by atoms with Gasteiger partial charge < -0.3 is 5.32 Å². The smallest absolute Gasteiger partial charge is 0.350 e. The van der Waals surface area contributed by atoms with E-state index in [2.05, 4.69) is 10.4 Å². The van der Waals surface area contributed by atoms with E-state index in [1.807, 2.05) is 19.9 Å². The zero-order valence-corrected chi connectivity index (χ0v) is 17.9. The molecule has 0 saturated carbocycles. The fourth-order valence-electron chi connectivity index (χ4n) is 3.12. The van der Waals surface area contributed by atoms with Crippen LogP contribution < -0.4 is 16.6 Å². The normalized spacial score (nSPS) is 12.1. The highest BCUT2D eigenvalue weighted by molar-refractivity contribution is 5.91. The average molecular weight is 424 g/mol. The minimum Gasteiger partial charge on any atom is -0.350 e. The predicted molar refractivity (Wildman–Crippen MR) is 116 cm³/mol. The summed E-state index contributed by atoms with van der Waals surface area (Å²) in [7, 11) is 0. The summed E-state index contributed by atoms with van der Waals surface area (Å²) in [5, 5.41) is 6.68. The van der Waals surface area contributed by atoms with Crippen LogP contribution in [0.5, 0.6) is 0 Å². The van der Waals surface area contributed by atoms with Gasteiger partial charge in [0.15, 0.2) is 0 Å². The zero-order valence-electron chi connectivity index (χ0n) is 17.9. The molecule has 2 aromatic carbocycles. The number of aryl methyl sites for hydroxylation is 1. The van der Waals surface area contributed by atoms with Crippen LogP contribution in [0.4, 0.5) is 4.39 Å². The molecule has 3 aromatic rings. The van der Waals surface area contributed by atoms with Crippen LogP contribution in [-0.2, 0) is 0 Å². The third-order valence-corrected chi connectivity index (χ3v) is 4.96. The number of aromatic nitrogens is 3. The lowest BCUT2D eigenvalue weighted by atomic mass is 10.1. The Kier molecular flexibility index (Phi) is 6.48. The van der Waals surface area contributed by atoms with E-state index >= 15 is 0 Å². The quantitative estimate of drug-likeness (QED) is 0.659. The number of hydrogen-bond acceptors (Lipinski definition) is 4. The second kappa shape index (κ2) is 9.07. The lowest BCUT2D eigenvalue weighted by Crippen LogP contribution is -2.47. The number of amides is 1. The first-order chi connectivity index (χ1) is 14.7. The number of benzene rings is 2. The number of carbonyl (C=O) groups is 1. The molecule has 0 fully saturated rings. The van der Waals surface area contributed by atoms with Gasteiger partial charge >= 0.3 is 5.69 Å². The van der Waals surface area contributed by atoms with Gasteiger partial charge in [-0.3, -0.25) is 9.59 Å². The van der Waals surface area contributed by atoms with Crippen LogP contribution in [-0.4, -0.2) is 26.8 Å². The molecule has 0 saturated heterocycles. The van der Waals surface area contributed by atoms with E-state index in [-0.39, 0.29) is 11.6 Å². The van der Waals surface area contributed by atoms with Crippen molar-refractivity contribution in [2.75, 3.05) is 6.54 Å². The molecule has 3 rings (SSSR count). The SMILES string of the molecule is Cc1ccc(-n2nc(C(=O)NCC(C)C)c(=O)n([C@H](C)c3ccccc3)c2=O)cc1F. The van der Waals surface area contributed by atoms with Crippen molar-refractivity contribution in [2.45, 2.75) is 33.7 Å². The van der Waals surface area contributed by atoms with Gasteiger partial charge in [0.05, 0.1) is 11.7 Å². The van der Waals surface area contributed by atoms with Gasteiger partial charge in [0, 0.05) is 12.6 Å². The summed E-state index contributed by atoms with van der Waals surface area (Å²) in [5.41, 5.74) is -0.749. The fourth-order valence-corrected chi connectivity index (χ4v) is 3.12. The summed E-state index contributed by atoms with van der Waals surface area (Å²) < 4.78 is 16.1. The third-order valence-electron chi connectivity index (χ3n) is 4.96. The highest BCUT2D eigenvalue weighted by Crippen LogP contribution is 2.15. The highest BCUT2D eigenvalue weighted by atomic mass is 19.1. The van der Waals surface area contributed by atoms with Gasteiger partial charge in [-0.15, -0.1) is 0 Å². The van der Waals surface area contributed by atoms with Gasteiger partial charge in [-0.25, -0.2) is 13.8 Å². The Labute approximate surface area is 179 Å². The molecule has 0 spiro atoms. The van der Waals surface area contributed by atoms with E-state index in [0.29, 0.717) is 17.7 Å². The van der Waals surface area contributed by atoms with Gasteiger partial charge in [-0.2, -0.15) is 9.78 Å². The van der Waals surface area contributed by atoms with Crippen molar-refractivity contribution in [1.82, 2.24) is 19.7 Å². The largest absolute Gasteiger partial charge is 0.352 e. The van der Waals surface area contributed by atoms with Crippen molar-refractivity contribution in [3.63, 3.8) is 0 Å². The predicted octanol–water partition coefficient (Wildman–Crippen LogP) is 2.84. The minimum absolute atomic E-state index is 0.125. The van der Waals surface area contributed by atoms with Gasteiger partial charge in [-0.05, 0) is 37.0 Å². The third kappa shape index (κ3) is 4.63. The molecule has 1 heterocycles. The lowest BCUT2D eigenvalue weighted by molar-refractivity contribution is 0.0939. The van der Waals surface area contributed by atoms with Crippen molar-refractivity contribution in [3.05, 3.63) is 92.0 Å². The summed E-state index contributed by atoms with van der Waals surface area (Å²) in [6.45, 7) is 7.46. The van der Waals surface area contributed by atoms with E-state index in [4.69, 9.17) is 0 Å². The maximum atomic E-state index is 14.2. The highest BCUT2D eigenvalue weighted by Gasteiger charge is 2.24. The van der Waals surface area contributed by atoms with Crippen LogP contribution in [0.2, 0.25) is 0 Å². The van der Waals surface area contributed by atoms with Crippen molar-refractivity contribution in [3.8, 4) is 5.69 Å². The molecule has 31 heavy (non-hydrogen) atoms. The molecule has 0 radical (unpaired) electrons. The number of nitrogens with zero attached hydrogens (tertiary/aromatic N) is 3. The molecule has 0 aliphatic carbocycles. The molecule has 1 atom stereocenters. The first-order valence-corrected chi connectivity index (χ1v) is 10.1. The maximum absolute atomic E-state index is 14.2. The maximum Gasteiger partial charge on any atom is 0.352 e. The molecule has 8 heteroatoms. The Bertz CT molecular complexity index is 1220. The lowest BCUT2D eigenvalue weighted by Gasteiger charge is -2.18. The fraction of sp³-hybridized carbons (Fsp3) is 0.304. The number of carbonyl (C=O) groups excluding carboxylic acids is 1. The van der Waals surface area contributed by atoms with Gasteiger partial charge in [-0.1, -0.05) is 50.2 Å². The summed E-state index contributed by atoms with van der Waals surface area (Å²) in [6.07, 6.45) is 0. The molecule has 1 aromatic heterocycles. The second-order valence-corrected chi connectivity index (χ2v) is 7.84. The van der Waals surface area contributed by atoms with Gasteiger partial charge in [0.1, 0.15) is 5.82 Å². The molecule has 162 valence electrons. The first-order valence-electron chi connectivity index (χ1n) is 10.1. The van der Waals surface area contributed by atoms with Crippen LogP contribution in [0.25, 0.3) is 5.69 Å². The molecule has 0 aliphatic rings. The Balaban J connectivity index is 2.24. The molecule has 7 nitrogen and oxygen atoms in total. The molecule has 0 aliphatic heterocycles. The van der Waals surface area contributed by atoms with Crippen molar-refractivity contribution >= 4 is 5.91 Å². The van der Waals surface area contributed by atoms with E-state index in [1.54, 1.807) is 38.1 Å². The summed E-state index contributed by atoms with van der Waals surface area (Å²) >= 11 is 0. The second-order valence-electron chi connectivity index (χ2n) is 7.84. The Hall–Kier alpha value is -3.55. The minimum atomic E-state index is -0.800. The Morgan fingerprint density at radius 2 is 1.77 bits per heavy atom. The van der Waals surface area contributed by atoms with Gasteiger partial charge in [0.2, 0.25) is 5.69 Å². The standard InChI is InChI=1S/C23H25FN4O3/c1-14(2)13-25-21(29)20-22(30)27(16(4)17-8-6-5-7-9-17)23(31)28(26-20)18-11-10-15(3)19(24)12-18/h5-12,14,16H,13H2,1-4H3,(H,25,29)/t16-/m1/s1. The van der Waals surface area contributed by atoms with Crippen LogP contribution >= 0.6 is 0 Å². The zero-order chi connectivity index (χ0) is 22.7. The first kappa shape index (κ1) is 22.1. The summed E-state index contributed by atoms with van der Waals surface area (Å²) in [4.78, 5) is 39.1. The van der Waals surface area contributed by atoms with Crippen LogP contribution in [0.15, 0.2) is 58.1 Å². The number of nitrogens with one attached hydrogen (secondary N) is 1. The Morgan fingerprint density at radius 3 is 2.39 bits per heavy atom. The van der Waals surface area contributed by atoms with Crippen LogP contribution in [0.1, 0.15) is 48.4 Å². The summed E-state index contributed by atoms with van der Waals surface area (Å²) in [5.74, 6) is -1.05. The van der Waals surface area contributed by atoms with Gasteiger partial charge in [0.25, 0.3) is 11.5 Å². The molecule has 1 amide bonds. The average Bonchev–Trinajstić information content (AvgIpc) is 2.75. The van der Waals surface area contributed by atoms with E-state index in [9.17, 15) is 18.8 Å². The monoisotopic (exact) mass is 424 g/mol. The number of hydrogen-bond donors (Lipinski definition) is 1. The number of rotatable bonds is 6. The van der Waals surface area contributed by atoms with Crippen LogP contribution in [0, 0.1) is 18.7 Å².